The number of amides is 1. The van der Waals surface area contributed by atoms with Gasteiger partial charge in [0.1, 0.15) is 6.61 Å². The van der Waals surface area contributed by atoms with Crippen LogP contribution in [-0.2, 0) is 6.61 Å². The summed E-state index contributed by atoms with van der Waals surface area (Å²) < 4.78 is 11.6. The molecular formula is C21H25NO3. The van der Waals surface area contributed by atoms with Crippen LogP contribution in [0.25, 0.3) is 0 Å². The van der Waals surface area contributed by atoms with E-state index < -0.39 is 0 Å². The summed E-state index contributed by atoms with van der Waals surface area (Å²) in [4.78, 5) is 14.6. The van der Waals surface area contributed by atoms with E-state index in [4.69, 9.17) is 9.47 Å². The summed E-state index contributed by atoms with van der Waals surface area (Å²) in [6.45, 7) is 4.62. The van der Waals surface area contributed by atoms with Crippen molar-refractivity contribution in [2.24, 2.45) is 0 Å². The van der Waals surface area contributed by atoms with Crippen LogP contribution in [0.4, 0.5) is 0 Å². The third-order valence-corrected chi connectivity index (χ3v) is 4.37. The summed E-state index contributed by atoms with van der Waals surface area (Å²) in [6.07, 6.45) is 3.38. The molecule has 2 aromatic carbocycles. The molecule has 0 N–H and O–H groups in total. The van der Waals surface area contributed by atoms with E-state index >= 15 is 0 Å². The highest BCUT2D eigenvalue weighted by molar-refractivity contribution is 5.95. The second-order valence-electron chi connectivity index (χ2n) is 6.22. The fraction of sp³-hybridized carbons (Fsp3) is 0.381. The fourth-order valence-corrected chi connectivity index (χ4v) is 3.04. The highest BCUT2D eigenvalue weighted by Gasteiger charge is 2.19. The summed E-state index contributed by atoms with van der Waals surface area (Å²) >= 11 is 0. The molecule has 0 saturated carbocycles. The Morgan fingerprint density at radius 1 is 0.960 bits per heavy atom. The van der Waals surface area contributed by atoms with Gasteiger partial charge in [0.05, 0.1) is 6.61 Å². The second kappa shape index (κ2) is 8.56. The lowest BCUT2D eigenvalue weighted by Gasteiger charge is -2.27. The van der Waals surface area contributed by atoms with Crippen LogP contribution in [0.2, 0.25) is 0 Å². The SMILES string of the molecule is CCOc1cc(C(=O)N2CCCCC2)ccc1OCc1ccccc1. The molecule has 2 aromatic rings. The topological polar surface area (TPSA) is 38.8 Å². The first-order valence-corrected chi connectivity index (χ1v) is 9.01. The van der Waals surface area contributed by atoms with Crippen LogP contribution in [0.3, 0.4) is 0 Å². The Kier molecular flexibility index (Phi) is 5.94. The maximum atomic E-state index is 12.7. The molecule has 1 saturated heterocycles. The Hall–Kier alpha value is -2.49. The van der Waals surface area contributed by atoms with Gasteiger partial charge in [0.2, 0.25) is 0 Å². The molecule has 4 heteroatoms. The Labute approximate surface area is 149 Å². The van der Waals surface area contributed by atoms with Gasteiger partial charge < -0.3 is 14.4 Å². The van der Waals surface area contributed by atoms with Crippen molar-refractivity contribution in [3.8, 4) is 11.5 Å². The lowest BCUT2D eigenvalue weighted by molar-refractivity contribution is 0.0723. The predicted octanol–water partition coefficient (Wildman–Crippen LogP) is 4.29. The van der Waals surface area contributed by atoms with Crippen molar-refractivity contribution < 1.29 is 14.3 Å². The minimum atomic E-state index is 0.0789. The molecule has 0 bridgehead atoms. The number of nitrogens with zero attached hydrogens (tertiary/aromatic N) is 1. The van der Waals surface area contributed by atoms with Gasteiger partial charge in [-0.2, -0.15) is 0 Å². The number of hydrogen-bond acceptors (Lipinski definition) is 3. The Morgan fingerprint density at radius 2 is 1.72 bits per heavy atom. The smallest absolute Gasteiger partial charge is 0.253 e. The first-order valence-electron chi connectivity index (χ1n) is 9.01. The molecule has 132 valence electrons. The third-order valence-electron chi connectivity index (χ3n) is 4.37. The highest BCUT2D eigenvalue weighted by atomic mass is 16.5. The zero-order valence-electron chi connectivity index (χ0n) is 14.7. The van der Waals surface area contributed by atoms with Crippen molar-refractivity contribution >= 4 is 5.91 Å². The average Bonchev–Trinajstić information content (AvgIpc) is 2.68. The number of benzene rings is 2. The van der Waals surface area contributed by atoms with Crippen molar-refractivity contribution in [1.82, 2.24) is 4.90 Å². The van der Waals surface area contributed by atoms with Gasteiger partial charge in [-0.05, 0) is 49.9 Å². The number of likely N-dealkylation sites (tertiary alicyclic amines) is 1. The van der Waals surface area contributed by atoms with Gasteiger partial charge in [-0.25, -0.2) is 0 Å². The molecule has 0 aromatic heterocycles. The summed E-state index contributed by atoms with van der Waals surface area (Å²) in [7, 11) is 0. The maximum Gasteiger partial charge on any atom is 0.253 e. The van der Waals surface area contributed by atoms with Gasteiger partial charge in [0, 0.05) is 18.7 Å². The molecule has 1 heterocycles. The van der Waals surface area contributed by atoms with Crippen LogP contribution >= 0.6 is 0 Å². The third kappa shape index (κ3) is 4.53. The van der Waals surface area contributed by atoms with Crippen LogP contribution in [-0.4, -0.2) is 30.5 Å². The van der Waals surface area contributed by atoms with Gasteiger partial charge in [-0.1, -0.05) is 30.3 Å². The van der Waals surface area contributed by atoms with Crippen molar-refractivity contribution in [3.63, 3.8) is 0 Å². The van der Waals surface area contributed by atoms with Gasteiger partial charge in [-0.3, -0.25) is 4.79 Å². The monoisotopic (exact) mass is 339 g/mol. The predicted molar refractivity (Wildman–Crippen MR) is 98.1 cm³/mol. The average molecular weight is 339 g/mol. The highest BCUT2D eigenvalue weighted by Crippen LogP contribution is 2.30. The van der Waals surface area contributed by atoms with E-state index in [0.29, 0.717) is 30.3 Å². The molecule has 1 amide bonds. The summed E-state index contributed by atoms with van der Waals surface area (Å²) in [5, 5.41) is 0. The Bertz CT molecular complexity index is 694. The van der Waals surface area contributed by atoms with Crippen molar-refractivity contribution in [2.75, 3.05) is 19.7 Å². The second-order valence-corrected chi connectivity index (χ2v) is 6.22. The van der Waals surface area contributed by atoms with E-state index in [-0.39, 0.29) is 5.91 Å². The minimum Gasteiger partial charge on any atom is -0.490 e. The standard InChI is InChI=1S/C21H25NO3/c1-2-24-20-15-18(21(23)22-13-7-4-8-14-22)11-12-19(20)25-16-17-9-5-3-6-10-17/h3,5-6,9-12,15H,2,4,7-8,13-14,16H2,1H3. The molecule has 0 spiro atoms. The number of hydrogen-bond donors (Lipinski definition) is 0. The number of carbonyl (C=O) groups excluding carboxylic acids is 1. The number of carbonyl (C=O) groups is 1. The molecule has 1 aliphatic rings. The Balaban J connectivity index is 1.74. The van der Waals surface area contributed by atoms with E-state index in [2.05, 4.69) is 0 Å². The zero-order chi connectivity index (χ0) is 17.5. The molecule has 25 heavy (non-hydrogen) atoms. The van der Waals surface area contributed by atoms with E-state index in [1.165, 1.54) is 6.42 Å². The minimum absolute atomic E-state index is 0.0789. The lowest BCUT2D eigenvalue weighted by Crippen LogP contribution is -2.35. The number of piperidine rings is 1. The molecule has 3 rings (SSSR count). The van der Waals surface area contributed by atoms with Gasteiger partial charge in [0.25, 0.3) is 5.91 Å². The number of rotatable bonds is 6. The van der Waals surface area contributed by atoms with Crippen LogP contribution in [0, 0.1) is 0 Å². The number of ether oxygens (including phenoxy) is 2. The molecule has 4 nitrogen and oxygen atoms in total. The molecule has 0 radical (unpaired) electrons. The van der Waals surface area contributed by atoms with Crippen LogP contribution in [0.1, 0.15) is 42.1 Å². The largest absolute Gasteiger partial charge is 0.490 e. The van der Waals surface area contributed by atoms with E-state index in [1.807, 2.05) is 54.3 Å². The molecular weight excluding hydrogens is 314 g/mol. The first-order chi connectivity index (χ1) is 12.3. The summed E-state index contributed by atoms with van der Waals surface area (Å²) in [6, 6.07) is 15.5. The normalized spacial score (nSPS) is 14.2. The molecule has 1 aliphatic heterocycles. The molecule has 0 aliphatic carbocycles. The van der Waals surface area contributed by atoms with Crippen molar-refractivity contribution in [3.05, 3.63) is 59.7 Å². The van der Waals surface area contributed by atoms with Gasteiger partial charge in [-0.15, -0.1) is 0 Å². The van der Waals surface area contributed by atoms with Gasteiger partial charge >= 0.3 is 0 Å². The van der Waals surface area contributed by atoms with Crippen molar-refractivity contribution in [2.45, 2.75) is 32.8 Å². The molecule has 0 unspecified atom stereocenters. The Morgan fingerprint density at radius 3 is 2.44 bits per heavy atom. The van der Waals surface area contributed by atoms with Crippen LogP contribution in [0.15, 0.2) is 48.5 Å². The van der Waals surface area contributed by atoms with E-state index in [1.54, 1.807) is 6.07 Å². The summed E-state index contributed by atoms with van der Waals surface area (Å²) in [5.74, 6) is 1.37. The van der Waals surface area contributed by atoms with E-state index in [0.717, 1.165) is 31.5 Å². The molecule has 1 fully saturated rings. The van der Waals surface area contributed by atoms with Gasteiger partial charge in [0.15, 0.2) is 11.5 Å². The van der Waals surface area contributed by atoms with Crippen LogP contribution < -0.4 is 9.47 Å². The summed E-state index contributed by atoms with van der Waals surface area (Å²) in [5.41, 5.74) is 1.76. The zero-order valence-corrected chi connectivity index (χ0v) is 14.7. The fourth-order valence-electron chi connectivity index (χ4n) is 3.04. The molecule has 0 atom stereocenters. The first kappa shape index (κ1) is 17.3. The maximum absolute atomic E-state index is 12.7. The van der Waals surface area contributed by atoms with E-state index in [9.17, 15) is 4.79 Å². The lowest BCUT2D eigenvalue weighted by atomic mass is 10.1. The van der Waals surface area contributed by atoms with Crippen molar-refractivity contribution in [1.29, 1.82) is 0 Å². The quantitative estimate of drug-likeness (QED) is 0.788. The van der Waals surface area contributed by atoms with Crippen LogP contribution in [0.5, 0.6) is 11.5 Å².